The van der Waals surface area contributed by atoms with Crippen molar-refractivity contribution in [3.63, 3.8) is 0 Å². The Bertz CT molecular complexity index is 684. The second kappa shape index (κ2) is 8.33. The van der Waals surface area contributed by atoms with E-state index < -0.39 is 12.1 Å². The molecule has 0 saturated carbocycles. The van der Waals surface area contributed by atoms with Crippen molar-refractivity contribution in [2.45, 2.75) is 44.3 Å². The maximum atomic E-state index is 12.5. The van der Waals surface area contributed by atoms with Gasteiger partial charge in [0.05, 0.1) is 0 Å². The fourth-order valence-electron chi connectivity index (χ4n) is 4.04. The highest BCUT2D eigenvalue weighted by Gasteiger charge is 2.38. The van der Waals surface area contributed by atoms with E-state index in [9.17, 15) is 18.0 Å². The fourth-order valence-corrected chi connectivity index (χ4v) is 4.04. The van der Waals surface area contributed by atoms with Gasteiger partial charge in [-0.3, -0.25) is 4.79 Å². The van der Waals surface area contributed by atoms with E-state index in [0.717, 1.165) is 62.9 Å². The van der Waals surface area contributed by atoms with Crippen molar-refractivity contribution in [2.24, 2.45) is 5.92 Å². The van der Waals surface area contributed by atoms with E-state index in [1.54, 1.807) is 12.1 Å². The quantitative estimate of drug-likeness (QED) is 0.821. The van der Waals surface area contributed by atoms with Crippen molar-refractivity contribution < 1.29 is 18.0 Å². The van der Waals surface area contributed by atoms with Crippen LogP contribution in [0.1, 0.15) is 30.4 Å². The van der Waals surface area contributed by atoms with Gasteiger partial charge < -0.3 is 15.5 Å². The van der Waals surface area contributed by atoms with Gasteiger partial charge >= 0.3 is 12.1 Å². The molecular formula is C20H26F3N3O. The van der Waals surface area contributed by atoms with Crippen LogP contribution in [0.4, 0.5) is 18.9 Å². The van der Waals surface area contributed by atoms with E-state index in [1.165, 1.54) is 0 Å². The summed E-state index contributed by atoms with van der Waals surface area (Å²) in [6.45, 7) is 7.03. The molecule has 1 amide bonds. The molecule has 1 aromatic carbocycles. The number of anilines is 1. The van der Waals surface area contributed by atoms with Crippen molar-refractivity contribution in [1.29, 1.82) is 0 Å². The normalized spacial score (nSPS) is 20.6. The molecule has 1 aliphatic carbocycles. The lowest BCUT2D eigenvalue weighted by Gasteiger charge is -2.37. The Hall–Kier alpha value is -2.02. The molecule has 7 heteroatoms. The van der Waals surface area contributed by atoms with Crippen LogP contribution in [0, 0.1) is 5.92 Å². The summed E-state index contributed by atoms with van der Waals surface area (Å²) < 4.78 is 37.4. The Labute approximate surface area is 157 Å². The first-order valence-corrected chi connectivity index (χ1v) is 9.46. The van der Waals surface area contributed by atoms with Gasteiger partial charge in [-0.25, -0.2) is 0 Å². The van der Waals surface area contributed by atoms with Crippen LogP contribution in [0.2, 0.25) is 0 Å². The van der Waals surface area contributed by atoms with Crippen LogP contribution in [0.5, 0.6) is 0 Å². The largest absolute Gasteiger partial charge is 0.471 e. The molecule has 0 aromatic heterocycles. The van der Waals surface area contributed by atoms with E-state index in [1.807, 2.05) is 17.6 Å². The molecule has 148 valence electrons. The third-order valence-corrected chi connectivity index (χ3v) is 5.56. The summed E-state index contributed by atoms with van der Waals surface area (Å²) >= 11 is 0. The number of hydrogen-bond acceptors (Lipinski definition) is 3. The number of piperidine rings is 1. The second-order valence-electron chi connectivity index (χ2n) is 7.40. The topological polar surface area (TPSA) is 44.4 Å². The lowest BCUT2D eigenvalue weighted by atomic mass is 9.86. The molecule has 1 saturated heterocycles. The maximum Gasteiger partial charge on any atom is 0.471 e. The van der Waals surface area contributed by atoms with E-state index in [2.05, 4.69) is 16.8 Å². The van der Waals surface area contributed by atoms with E-state index in [0.29, 0.717) is 12.0 Å². The Kier molecular flexibility index (Phi) is 6.09. The highest BCUT2D eigenvalue weighted by atomic mass is 19.4. The lowest BCUT2D eigenvalue weighted by Crippen LogP contribution is -2.41. The van der Waals surface area contributed by atoms with Gasteiger partial charge in [0.15, 0.2) is 0 Å². The average molecular weight is 381 g/mol. The van der Waals surface area contributed by atoms with Gasteiger partial charge in [0.25, 0.3) is 0 Å². The Morgan fingerprint density at radius 1 is 1.26 bits per heavy atom. The Balaban J connectivity index is 1.67. The number of rotatable bonds is 5. The molecule has 1 aromatic rings. The molecule has 4 nitrogen and oxygen atoms in total. The van der Waals surface area contributed by atoms with Gasteiger partial charge in [0, 0.05) is 18.3 Å². The summed E-state index contributed by atoms with van der Waals surface area (Å²) in [6.07, 6.45) is 1.95. The number of halogens is 3. The molecule has 3 rings (SSSR count). The zero-order valence-electron chi connectivity index (χ0n) is 15.3. The van der Waals surface area contributed by atoms with E-state index in [-0.39, 0.29) is 5.69 Å². The zero-order valence-corrected chi connectivity index (χ0v) is 15.3. The number of benzene rings is 1. The predicted molar refractivity (Wildman–Crippen MR) is 99.4 cm³/mol. The fraction of sp³-hybridized carbons (Fsp3) is 0.550. The summed E-state index contributed by atoms with van der Waals surface area (Å²) in [5, 5.41) is 5.32. The first-order chi connectivity index (χ1) is 12.9. The lowest BCUT2D eigenvalue weighted by molar-refractivity contribution is -0.167. The number of amides is 1. The van der Waals surface area contributed by atoms with Gasteiger partial charge in [-0.05, 0) is 80.6 Å². The van der Waals surface area contributed by atoms with Crippen molar-refractivity contribution >= 4 is 11.6 Å². The summed E-state index contributed by atoms with van der Waals surface area (Å²) in [7, 11) is 0. The van der Waals surface area contributed by atoms with Crippen LogP contribution in [0.15, 0.2) is 31.0 Å². The molecule has 0 radical (unpaired) electrons. The molecule has 1 heterocycles. The van der Waals surface area contributed by atoms with Gasteiger partial charge in [0.1, 0.15) is 0 Å². The van der Waals surface area contributed by atoms with Crippen LogP contribution in [-0.2, 0) is 17.6 Å². The number of carbonyl (C=O) groups is 1. The van der Waals surface area contributed by atoms with Crippen molar-refractivity contribution in [3.05, 3.63) is 42.1 Å². The third-order valence-electron chi connectivity index (χ3n) is 5.56. The first kappa shape index (κ1) is 19.7. The molecule has 1 fully saturated rings. The summed E-state index contributed by atoms with van der Waals surface area (Å²) in [5.41, 5.74) is 2.34. The smallest absolute Gasteiger partial charge is 0.374 e. The number of carbonyl (C=O) groups excluding carboxylic acids is 1. The molecule has 1 unspecified atom stereocenters. The summed E-state index contributed by atoms with van der Waals surface area (Å²) in [6, 6.07) is 5.33. The van der Waals surface area contributed by atoms with Gasteiger partial charge in [-0.1, -0.05) is 12.6 Å². The number of alkyl halides is 3. The van der Waals surface area contributed by atoms with Gasteiger partial charge in [-0.2, -0.15) is 13.2 Å². The van der Waals surface area contributed by atoms with Crippen LogP contribution in [-0.4, -0.2) is 42.7 Å². The van der Waals surface area contributed by atoms with Crippen molar-refractivity contribution in [1.82, 2.24) is 10.2 Å². The average Bonchev–Trinajstić information content (AvgIpc) is 2.65. The molecule has 27 heavy (non-hydrogen) atoms. The minimum atomic E-state index is -4.88. The predicted octanol–water partition coefficient (Wildman–Crippen LogP) is 3.49. The van der Waals surface area contributed by atoms with Crippen molar-refractivity contribution in [3.8, 4) is 0 Å². The SMILES string of the molecule is C=CN(CC1CCNCC1)C1CCc2ccc(NC(=O)C(F)(F)F)cc2C1. The zero-order chi connectivity index (χ0) is 19.4. The number of aryl methyl sites for hydroxylation is 1. The molecule has 2 aliphatic rings. The highest BCUT2D eigenvalue weighted by molar-refractivity contribution is 5.95. The van der Waals surface area contributed by atoms with Crippen LogP contribution in [0.25, 0.3) is 0 Å². The van der Waals surface area contributed by atoms with Crippen LogP contribution in [0.3, 0.4) is 0 Å². The van der Waals surface area contributed by atoms with Gasteiger partial charge in [-0.15, -0.1) is 0 Å². The number of hydrogen-bond donors (Lipinski definition) is 2. The number of fused-ring (bicyclic) bond motifs is 1. The van der Waals surface area contributed by atoms with E-state index in [4.69, 9.17) is 0 Å². The minimum Gasteiger partial charge on any atom is -0.374 e. The third kappa shape index (κ3) is 5.03. The molecule has 1 aliphatic heterocycles. The molecule has 1 atom stereocenters. The first-order valence-electron chi connectivity index (χ1n) is 9.46. The van der Waals surface area contributed by atoms with Crippen LogP contribution >= 0.6 is 0 Å². The molecular weight excluding hydrogens is 355 g/mol. The van der Waals surface area contributed by atoms with E-state index >= 15 is 0 Å². The summed E-state index contributed by atoms with van der Waals surface area (Å²) in [4.78, 5) is 13.5. The van der Waals surface area contributed by atoms with Gasteiger partial charge in [0.2, 0.25) is 0 Å². The minimum absolute atomic E-state index is 0.195. The number of nitrogens with zero attached hydrogens (tertiary/aromatic N) is 1. The Morgan fingerprint density at radius 2 is 2.00 bits per heavy atom. The number of nitrogens with one attached hydrogen (secondary N) is 2. The standard InChI is InChI=1S/C20H26F3N3O/c1-2-26(13-14-7-9-24-10-8-14)18-6-4-15-3-5-17(11-16(15)12-18)25-19(27)20(21,22)23/h2-3,5,11,14,18,24H,1,4,6-10,12-13H2,(H,25,27). The highest BCUT2D eigenvalue weighted by Crippen LogP contribution is 2.29. The molecule has 0 spiro atoms. The summed E-state index contributed by atoms with van der Waals surface area (Å²) in [5.74, 6) is -1.29. The molecule has 2 N–H and O–H groups in total. The second-order valence-corrected chi connectivity index (χ2v) is 7.40. The monoisotopic (exact) mass is 381 g/mol. The van der Waals surface area contributed by atoms with Crippen molar-refractivity contribution in [2.75, 3.05) is 25.0 Å². The molecule has 0 bridgehead atoms. The maximum absolute atomic E-state index is 12.5. The van der Waals surface area contributed by atoms with Crippen LogP contribution < -0.4 is 10.6 Å². The Morgan fingerprint density at radius 3 is 2.67 bits per heavy atom.